The number of hydrogen-bond donors (Lipinski definition) is 1. The van der Waals surface area contributed by atoms with Gasteiger partial charge in [0.15, 0.2) is 0 Å². The standard InChI is InChI=1S/C14H22NO3P/c1-14(2,3)18-13(16)15-10-11-6-8-12(9-7-11)19(4,5)17/h6-9H,10H2,1-5H3,(H,15,16). The number of carbonyl (C=O) groups excluding carboxylic acids is 1. The van der Waals surface area contributed by atoms with Gasteiger partial charge in [-0.3, -0.25) is 0 Å². The van der Waals surface area contributed by atoms with Crippen LogP contribution in [-0.2, 0) is 15.8 Å². The highest BCUT2D eigenvalue weighted by Gasteiger charge is 2.15. The van der Waals surface area contributed by atoms with Crippen LogP contribution in [0.1, 0.15) is 26.3 Å². The Balaban J connectivity index is 2.56. The van der Waals surface area contributed by atoms with E-state index in [0.29, 0.717) is 6.54 Å². The number of ether oxygens (including phenoxy) is 1. The Hall–Kier alpha value is -1.28. The summed E-state index contributed by atoms with van der Waals surface area (Å²) >= 11 is 0. The predicted octanol–water partition coefficient (Wildman–Crippen LogP) is 2.96. The van der Waals surface area contributed by atoms with Crippen LogP contribution < -0.4 is 10.6 Å². The summed E-state index contributed by atoms with van der Waals surface area (Å²) in [4.78, 5) is 11.5. The first-order valence-electron chi connectivity index (χ1n) is 6.19. The summed E-state index contributed by atoms with van der Waals surface area (Å²) in [6, 6.07) is 7.42. The lowest BCUT2D eigenvalue weighted by Crippen LogP contribution is -2.32. The van der Waals surface area contributed by atoms with Gasteiger partial charge in [0.25, 0.3) is 0 Å². The van der Waals surface area contributed by atoms with Crippen molar-refractivity contribution in [1.82, 2.24) is 5.32 Å². The van der Waals surface area contributed by atoms with Gasteiger partial charge in [0.1, 0.15) is 12.7 Å². The molecule has 0 aromatic heterocycles. The van der Waals surface area contributed by atoms with Gasteiger partial charge in [-0.25, -0.2) is 4.79 Å². The van der Waals surface area contributed by atoms with Crippen LogP contribution in [0.4, 0.5) is 4.79 Å². The molecule has 1 rings (SSSR count). The van der Waals surface area contributed by atoms with E-state index in [1.165, 1.54) is 0 Å². The Morgan fingerprint density at radius 1 is 1.21 bits per heavy atom. The minimum Gasteiger partial charge on any atom is -0.444 e. The Bertz CT molecular complexity index is 482. The molecule has 106 valence electrons. The zero-order valence-corrected chi connectivity index (χ0v) is 13.1. The molecule has 0 saturated heterocycles. The van der Waals surface area contributed by atoms with E-state index in [1.54, 1.807) is 13.3 Å². The summed E-state index contributed by atoms with van der Waals surface area (Å²) < 4.78 is 17.0. The quantitative estimate of drug-likeness (QED) is 0.868. The summed E-state index contributed by atoms with van der Waals surface area (Å²) in [5.41, 5.74) is 0.452. The molecule has 1 aromatic carbocycles. The minimum atomic E-state index is -2.22. The molecule has 1 N–H and O–H groups in total. The van der Waals surface area contributed by atoms with Crippen molar-refractivity contribution in [2.45, 2.75) is 32.9 Å². The predicted molar refractivity (Wildman–Crippen MR) is 78.6 cm³/mol. The van der Waals surface area contributed by atoms with Crippen LogP contribution in [0.5, 0.6) is 0 Å². The lowest BCUT2D eigenvalue weighted by atomic mass is 10.2. The van der Waals surface area contributed by atoms with E-state index in [1.807, 2.05) is 45.0 Å². The molecular formula is C14H22NO3P. The van der Waals surface area contributed by atoms with Gasteiger partial charge in [-0.2, -0.15) is 0 Å². The second-order valence-electron chi connectivity index (χ2n) is 5.87. The molecule has 0 unspecified atom stereocenters. The monoisotopic (exact) mass is 283 g/mol. The Morgan fingerprint density at radius 2 is 1.74 bits per heavy atom. The van der Waals surface area contributed by atoms with E-state index in [2.05, 4.69) is 5.32 Å². The van der Waals surface area contributed by atoms with Crippen LogP contribution in [0.3, 0.4) is 0 Å². The van der Waals surface area contributed by atoms with Gasteiger partial charge in [0.05, 0.1) is 0 Å². The number of alkyl carbamates (subject to hydrolysis) is 1. The second kappa shape index (κ2) is 5.79. The molecule has 0 saturated carbocycles. The third kappa shape index (κ3) is 5.93. The maximum Gasteiger partial charge on any atom is 0.407 e. The molecule has 0 bridgehead atoms. The third-order valence-electron chi connectivity index (χ3n) is 2.39. The Kier molecular flexibility index (Phi) is 4.81. The largest absolute Gasteiger partial charge is 0.444 e. The number of amides is 1. The summed E-state index contributed by atoms with van der Waals surface area (Å²) in [6.45, 7) is 9.33. The van der Waals surface area contributed by atoms with Gasteiger partial charge in [-0.1, -0.05) is 24.3 Å². The third-order valence-corrected chi connectivity index (χ3v) is 3.94. The molecule has 0 heterocycles. The van der Waals surface area contributed by atoms with E-state index in [9.17, 15) is 9.36 Å². The van der Waals surface area contributed by atoms with Crippen molar-refractivity contribution in [1.29, 1.82) is 0 Å². The van der Waals surface area contributed by atoms with Gasteiger partial charge >= 0.3 is 6.09 Å². The molecule has 0 aliphatic heterocycles. The molecule has 0 atom stereocenters. The number of rotatable bonds is 3. The first-order chi connectivity index (χ1) is 8.58. The van der Waals surface area contributed by atoms with Gasteiger partial charge < -0.3 is 14.6 Å². The highest BCUT2D eigenvalue weighted by atomic mass is 31.2. The molecule has 4 nitrogen and oxygen atoms in total. The minimum absolute atomic E-state index is 0.396. The van der Waals surface area contributed by atoms with E-state index in [-0.39, 0.29) is 0 Å². The SMILES string of the molecule is CC(C)(C)OC(=O)NCc1ccc(P(C)(C)=O)cc1. The molecular weight excluding hydrogens is 261 g/mol. The fourth-order valence-electron chi connectivity index (χ4n) is 1.46. The number of benzene rings is 1. The Morgan fingerprint density at radius 3 is 2.16 bits per heavy atom. The van der Waals surface area contributed by atoms with E-state index >= 15 is 0 Å². The van der Waals surface area contributed by atoms with Crippen LogP contribution >= 0.6 is 7.14 Å². The van der Waals surface area contributed by atoms with E-state index in [0.717, 1.165) is 10.9 Å². The average molecular weight is 283 g/mol. The zero-order valence-electron chi connectivity index (χ0n) is 12.2. The van der Waals surface area contributed by atoms with Crippen molar-refractivity contribution >= 4 is 18.5 Å². The summed E-state index contributed by atoms with van der Waals surface area (Å²) in [7, 11) is -2.22. The summed E-state index contributed by atoms with van der Waals surface area (Å²) in [5, 5.41) is 3.52. The summed E-state index contributed by atoms with van der Waals surface area (Å²) in [6.07, 6.45) is -0.437. The molecule has 1 amide bonds. The maximum atomic E-state index is 11.9. The zero-order chi connectivity index (χ0) is 14.7. The van der Waals surface area contributed by atoms with Gasteiger partial charge in [-0.15, -0.1) is 0 Å². The molecule has 1 aromatic rings. The van der Waals surface area contributed by atoms with Crippen molar-refractivity contribution in [3.05, 3.63) is 29.8 Å². The smallest absolute Gasteiger partial charge is 0.407 e. The van der Waals surface area contributed by atoms with Crippen molar-refractivity contribution in [3.63, 3.8) is 0 Å². The van der Waals surface area contributed by atoms with Crippen molar-refractivity contribution in [2.75, 3.05) is 13.3 Å². The molecule has 0 aliphatic carbocycles. The summed E-state index contributed by atoms with van der Waals surface area (Å²) in [5.74, 6) is 0. The number of hydrogen-bond acceptors (Lipinski definition) is 3. The highest BCUT2D eigenvalue weighted by Crippen LogP contribution is 2.34. The van der Waals surface area contributed by atoms with Crippen molar-refractivity contribution < 1.29 is 14.1 Å². The average Bonchev–Trinajstić information content (AvgIpc) is 2.23. The van der Waals surface area contributed by atoms with E-state index in [4.69, 9.17) is 4.74 Å². The first kappa shape index (κ1) is 15.8. The van der Waals surface area contributed by atoms with Gasteiger partial charge in [-0.05, 0) is 39.7 Å². The van der Waals surface area contributed by atoms with Crippen molar-refractivity contribution in [2.24, 2.45) is 0 Å². The van der Waals surface area contributed by atoms with Gasteiger partial charge in [0, 0.05) is 11.8 Å². The maximum absolute atomic E-state index is 11.9. The first-order valence-corrected chi connectivity index (χ1v) is 8.79. The fourth-order valence-corrected chi connectivity index (χ4v) is 2.33. The Labute approximate surface area is 114 Å². The van der Waals surface area contributed by atoms with Crippen LogP contribution in [0.25, 0.3) is 0 Å². The second-order valence-corrected chi connectivity index (χ2v) is 9.09. The lowest BCUT2D eigenvalue weighted by Gasteiger charge is -2.19. The molecule has 0 fully saturated rings. The van der Waals surface area contributed by atoms with E-state index < -0.39 is 18.8 Å². The fraction of sp³-hybridized carbons (Fsp3) is 0.500. The topological polar surface area (TPSA) is 55.4 Å². The highest BCUT2D eigenvalue weighted by molar-refractivity contribution is 7.70. The number of carbonyl (C=O) groups is 1. The van der Waals surface area contributed by atoms with Gasteiger partial charge in [0.2, 0.25) is 0 Å². The molecule has 0 aliphatic rings. The lowest BCUT2D eigenvalue weighted by molar-refractivity contribution is 0.0523. The normalized spacial score (nSPS) is 12.1. The van der Waals surface area contributed by atoms with Crippen LogP contribution in [0, 0.1) is 0 Å². The molecule has 0 radical (unpaired) electrons. The molecule has 19 heavy (non-hydrogen) atoms. The molecule has 5 heteroatoms. The number of nitrogens with one attached hydrogen (secondary N) is 1. The van der Waals surface area contributed by atoms with Crippen LogP contribution in [-0.4, -0.2) is 25.0 Å². The van der Waals surface area contributed by atoms with Crippen molar-refractivity contribution in [3.8, 4) is 0 Å². The van der Waals surface area contributed by atoms with Crippen LogP contribution in [0.15, 0.2) is 24.3 Å². The van der Waals surface area contributed by atoms with Crippen LogP contribution in [0.2, 0.25) is 0 Å². The molecule has 0 spiro atoms.